The lowest BCUT2D eigenvalue weighted by Gasteiger charge is -2.20. The third-order valence-electron chi connectivity index (χ3n) is 3.12. The van der Waals surface area contributed by atoms with Crippen molar-refractivity contribution >= 4 is 27.5 Å². The maximum atomic E-state index is 6.18. The zero-order chi connectivity index (χ0) is 15.2. The van der Waals surface area contributed by atoms with Gasteiger partial charge in [-0.1, -0.05) is 34.5 Å². The summed E-state index contributed by atoms with van der Waals surface area (Å²) in [4.78, 5) is 4.25. The molecule has 2 aromatic rings. The molecule has 1 unspecified atom stereocenters. The lowest BCUT2D eigenvalue weighted by Crippen LogP contribution is -2.23. The van der Waals surface area contributed by atoms with Gasteiger partial charge in [-0.3, -0.25) is 4.98 Å². The van der Waals surface area contributed by atoms with E-state index in [4.69, 9.17) is 16.3 Å². The second-order valence-electron chi connectivity index (χ2n) is 4.75. The molecule has 0 spiro atoms. The van der Waals surface area contributed by atoms with Gasteiger partial charge >= 0.3 is 0 Å². The van der Waals surface area contributed by atoms with Crippen LogP contribution in [0.5, 0.6) is 5.75 Å². The minimum absolute atomic E-state index is 0.0301. The van der Waals surface area contributed by atoms with Gasteiger partial charge in [0.15, 0.2) is 0 Å². The fraction of sp³-hybridized carbons (Fsp3) is 0.312. The smallest absolute Gasteiger partial charge is 0.137 e. The summed E-state index contributed by atoms with van der Waals surface area (Å²) in [5, 5.41) is 4.24. The first kappa shape index (κ1) is 16.3. The molecule has 1 N–H and O–H groups in total. The van der Waals surface area contributed by atoms with Crippen molar-refractivity contribution in [1.82, 2.24) is 10.3 Å². The van der Waals surface area contributed by atoms with Crippen molar-refractivity contribution in [3.63, 3.8) is 0 Å². The molecule has 0 radical (unpaired) electrons. The Bertz CT molecular complexity index is 586. The van der Waals surface area contributed by atoms with E-state index in [9.17, 15) is 0 Å². The summed E-state index contributed by atoms with van der Waals surface area (Å²) in [5.74, 6) is 0.747. The molecule has 0 fully saturated rings. The minimum Gasteiger partial charge on any atom is -0.495 e. The molecule has 1 heterocycles. The topological polar surface area (TPSA) is 34.2 Å². The summed E-state index contributed by atoms with van der Waals surface area (Å²) >= 11 is 9.67. The number of hydrogen-bond donors (Lipinski definition) is 1. The fourth-order valence-electron chi connectivity index (χ4n) is 2.16. The Balaban J connectivity index is 2.41. The maximum absolute atomic E-state index is 6.18. The zero-order valence-corrected chi connectivity index (χ0v) is 14.4. The van der Waals surface area contributed by atoms with E-state index >= 15 is 0 Å². The van der Waals surface area contributed by atoms with Crippen LogP contribution in [0.3, 0.4) is 0 Å². The SMILES string of the molecule is CCCNC(c1cc(Cl)cc(Br)c1)c1cncc(OC)c1. The van der Waals surface area contributed by atoms with Gasteiger partial charge in [-0.2, -0.15) is 0 Å². The van der Waals surface area contributed by atoms with Crippen LogP contribution in [0.15, 0.2) is 41.1 Å². The average Bonchev–Trinajstić information content (AvgIpc) is 2.47. The standard InChI is InChI=1S/C16H18BrClN2O/c1-3-4-20-16(11-5-13(17)8-14(18)6-11)12-7-15(21-2)10-19-9-12/h5-10,16,20H,3-4H2,1-2H3. The van der Waals surface area contributed by atoms with Gasteiger partial charge < -0.3 is 10.1 Å². The summed E-state index contributed by atoms with van der Waals surface area (Å²) < 4.78 is 6.23. The van der Waals surface area contributed by atoms with Crippen LogP contribution >= 0.6 is 27.5 Å². The van der Waals surface area contributed by atoms with Crippen molar-refractivity contribution < 1.29 is 4.74 Å². The molecule has 1 atom stereocenters. The number of hydrogen-bond acceptors (Lipinski definition) is 3. The fourth-order valence-corrected chi connectivity index (χ4v) is 3.05. The first-order valence-electron chi connectivity index (χ1n) is 6.82. The van der Waals surface area contributed by atoms with Gasteiger partial charge in [0.1, 0.15) is 5.75 Å². The Morgan fingerprint density at radius 1 is 1.24 bits per heavy atom. The predicted octanol–water partition coefficient (Wildman–Crippen LogP) is 4.60. The van der Waals surface area contributed by atoms with Crippen LogP contribution < -0.4 is 10.1 Å². The van der Waals surface area contributed by atoms with Gasteiger partial charge in [0, 0.05) is 15.7 Å². The van der Waals surface area contributed by atoms with Crippen molar-refractivity contribution in [3.8, 4) is 5.75 Å². The van der Waals surface area contributed by atoms with E-state index in [-0.39, 0.29) is 6.04 Å². The van der Waals surface area contributed by atoms with Crippen LogP contribution in [0.2, 0.25) is 5.02 Å². The molecule has 0 aliphatic rings. The van der Waals surface area contributed by atoms with Gasteiger partial charge in [0.25, 0.3) is 0 Å². The van der Waals surface area contributed by atoms with E-state index in [1.807, 2.05) is 24.4 Å². The summed E-state index contributed by atoms with van der Waals surface area (Å²) in [7, 11) is 1.64. The Hall–Kier alpha value is -1.10. The number of rotatable bonds is 6. The third-order valence-corrected chi connectivity index (χ3v) is 3.80. The molecule has 21 heavy (non-hydrogen) atoms. The first-order valence-corrected chi connectivity index (χ1v) is 7.99. The molecule has 0 saturated heterocycles. The van der Waals surface area contributed by atoms with Crippen LogP contribution in [-0.2, 0) is 0 Å². The molecule has 1 aromatic heterocycles. The molecule has 3 nitrogen and oxygen atoms in total. The van der Waals surface area contributed by atoms with Gasteiger partial charge in [-0.05, 0) is 48.4 Å². The van der Waals surface area contributed by atoms with Crippen LogP contribution in [-0.4, -0.2) is 18.6 Å². The van der Waals surface area contributed by atoms with Crippen molar-refractivity contribution in [2.45, 2.75) is 19.4 Å². The summed E-state index contributed by atoms with van der Waals surface area (Å²) in [5.41, 5.74) is 2.15. The number of aromatic nitrogens is 1. The molecule has 0 aliphatic heterocycles. The third kappa shape index (κ3) is 4.43. The molecule has 0 saturated carbocycles. The Morgan fingerprint density at radius 3 is 2.71 bits per heavy atom. The van der Waals surface area contributed by atoms with Gasteiger partial charge in [-0.25, -0.2) is 0 Å². The van der Waals surface area contributed by atoms with E-state index in [0.29, 0.717) is 5.02 Å². The minimum atomic E-state index is 0.0301. The molecular weight excluding hydrogens is 352 g/mol. The Morgan fingerprint density at radius 2 is 2.05 bits per heavy atom. The number of nitrogens with zero attached hydrogens (tertiary/aromatic N) is 1. The van der Waals surface area contributed by atoms with Crippen molar-refractivity contribution in [1.29, 1.82) is 0 Å². The number of ether oxygens (including phenoxy) is 1. The number of nitrogens with one attached hydrogen (secondary N) is 1. The maximum Gasteiger partial charge on any atom is 0.137 e. The Labute approximate surface area is 138 Å². The second kappa shape index (κ2) is 7.78. The number of benzene rings is 1. The highest BCUT2D eigenvalue weighted by Gasteiger charge is 2.15. The van der Waals surface area contributed by atoms with Crippen molar-refractivity contribution in [3.05, 3.63) is 57.3 Å². The van der Waals surface area contributed by atoms with Crippen LogP contribution in [0.4, 0.5) is 0 Å². The van der Waals surface area contributed by atoms with E-state index in [0.717, 1.165) is 34.3 Å². The monoisotopic (exact) mass is 368 g/mol. The zero-order valence-electron chi connectivity index (χ0n) is 12.1. The summed E-state index contributed by atoms with van der Waals surface area (Å²) in [6, 6.07) is 7.95. The second-order valence-corrected chi connectivity index (χ2v) is 6.10. The highest BCUT2D eigenvalue weighted by atomic mass is 79.9. The predicted molar refractivity (Wildman–Crippen MR) is 90.1 cm³/mol. The number of methoxy groups -OCH3 is 1. The molecule has 0 aliphatic carbocycles. The molecule has 112 valence electrons. The largest absolute Gasteiger partial charge is 0.495 e. The molecular formula is C16H18BrClN2O. The van der Waals surface area contributed by atoms with Crippen molar-refractivity contribution in [2.24, 2.45) is 0 Å². The summed E-state index contributed by atoms with van der Waals surface area (Å²) in [6.45, 7) is 3.05. The van der Waals surface area contributed by atoms with E-state index in [1.54, 1.807) is 13.3 Å². The highest BCUT2D eigenvalue weighted by molar-refractivity contribution is 9.10. The van der Waals surface area contributed by atoms with Crippen molar-refractivity contribution in [2.75, 3.05) is 13.7 Å². The average molecular weight is 370 g/mol. The first-order chi connectivity index (χ1) is 10.1. The molecule has 5 heteroatoms. The number of pyridine rings is 1. The van der Waals surface area contributed by atoms with Crippen LogP contribution in [0.25, 0.3) is 0 Å². The molecule has 0 bridgehead atoms. The van der Waals surface area contributed by atoms with E-state index in [1.165, 1.54) is 0 Å². The highest BCUT2D eigenvalue weighted by Crippen LogP contribution is 2.29. The molecule has 1 aromatic carbocycles. The normalized spacial score (nSPS) is 12.2. The van der Waals surface area contributed by atoms with Gasteiger partial charge in [0.05, 0.1) is 19.3 Å². The number of halogens is 2. The quantitative estimate of drug-likeness (QED) is 0.808. The van der Waals surface area contributed by atoms with E-state index in [2.05, 4.69) is 39.2 Å². The van der Waals surface area contributed by atoms with Crippen LogP contribution in [0, 0.1) is 0 Å². The van der Waals surface area contributed by atoms with Gasteiger partial charge in [0.2, 0.25) is 0 Å². The lowest BCUT2D eigenvalue weighted by atomic mass is 10.00. The van der Waals surface area contributed by atoms with Gasteiger partial charge in [-0.15, -0.1) is 0 Å². The summed E-state index contributed by atoms with van der Waals surface area (Å²) in [6.07, 6.45) is 4.61. The molecule has 2 rings (SSSR count). The Kier molecular flexibility index (Phi) is 6.03. The lowest BCUT2D eigenvalue weighted by molar-refractivity contribution is 0.411. The van der Waals surface area contributed by atoms with Crippen LogP contribution in [0.1, 0.15) is 30.5 Å². The molecule has 0 amide bonds. The van der Waals surface area contributed by atoms with E-state index < -0.39 is 0 Å².